The molecule has 0 aliphatic rings. The summed E-state index contributed by atoms with van der Waals surface area (Å²) in [4.78, 5) is 15.1. The normalized spacial score (nSPS) is 10.5. The third-order valence-corrected chi connectivity index (χ3v) is 5.40. The van der Waals surface area contributed by atoms with Crippen molar-refractivity contribution in [3.8, 4) is 10.4 Å². The van der Waals surface area contributed by atoms with Crippen molar-refractivity contribution in [2.45, 2.75) is 16.7 Å². The Kier molecular flexibility index (Phi) is 4.84. The minimum atomic E-state index is -0.309. The minimum Gasteiger partial charge on any atom is -0.465 e. The van der Waals surface area contributed by atoms with Crippen molar-refractivity contribution in [2.24, 2.45) is 0 Å². The molecule has 0 saturated heterocycles. The molecule has 0 atom stereocenters. The lowest BCUT2D eigenvalue weighted by Crippen LogP contribution is -2.00. The van der Waals surface area contributed by atoms with Crippen LogP contribution in [-0.2, 0) is 4.74 Å². The van der Waals surface area contributed by atoms with Gasteiger partial charge in [0.25, 0.3) is 0 Å². The number of ether oxygens (including phenoxy) is 1. The van der Waals surface area contributed by atoms with Crippen LogP contribution in [0.15, 0.2) is 69.8 Å². The molecule has 0 saturated carbocycles. The van der Waals surface area contributed by atoms with Gasteiger partial charge in [0.1, 0.15) is 0 Å². The van der Waals surface area contributed by atoms with Crippen LogP contribution in [0.25, 0.3) is 10.4 Å². The summed E-state index contributed by atoms with van der Waals surface area (Å²) in [6, 6.07) is 18.2. The number of rotatable bonds is 4. The molecule has 0 radical (unpaired) electrons. The third-order valence-electron chi connectivity index (χ3n) is 3.43. The standard InChI is InChI=1S/C19H16O2S2/c1-13-5-10-16(17-4-3-11-22-17)18(12-13)23-15-8-6-14(7-9-15)19(20)21-2/h3-12H,1-2H3. The maximum atomic E-state index is 11.5. The van der Waals surface area contributed by atoms with E-state index in [9.17, 15) is 4.79 Å². The van der Waals surface area contributed by atoms with Crippen LogP contribution < -0.4 is 0 Å². The lowest BCUT2D eigenvalue weighted by atomic mass is 10.1. The van der Waals surface area contributed by atoms with Gasteiger partial charge in [-0.15, -0.1) is 11.3 Å². The van der Waals surface area contributed by atoms with Crippen molar-refractivity contribution in [3.63, 3.8) is 0 Å². The van der Waals surface area contributed by atoms with E-state index in [0.29, 0.717) is 5.56 Å². The van der Waals surface area contributed by atoms with Crippen LogP contribution >= 0.6 is 23.1 Å². The summed E-state index contributed by atoms with van der Waals surface area (Å²) in [5, 5.41) is 2.09. The van der Waals surface area contributed by atoms with Gasteiger partial charge in [-0.1, -0.05) is 30.0 Å². The van der Waals surface area contributed by atoms with E-state index in [0.717, 1.165) is 4.90 Å². The first-order chi connectivity index (χ1) is 11.2. The summed E-state index contributed by atoms with van der Waals surface area (Å²) in [5.41, 5.74) is 3.05. The second-order valence-corrected chi connectivity index (χ2v) is 7.16. The van der Waals surface area contributed by atoms with E-state index >= 15 is 0 Å². The van der Waals surface area contributed by atoms with Crippen molar-refractivity contribution < 1.29 is 9.53 Å². The maximum Gasteiger partial charge on any atom is 0.337 e. The fourth-order valence-corrected chi connectivity index (χ4v) is 4.14. The van der Waals surface area contributed by atoms with Crippen LogP contribution in [0.1, 0.15) is 15.9 Å². The number of carbonyl (C=O) groups is 1. The van der Waals surface area contributed by atoms with Gasteiger partial charge in [-0.3, -0.25) is 0 Å². The molecule has 23 heavy (non-hydrogen) atoms. The smallest absolute Gasteiger partial charge is 0.337 e. The first-order valence-corrected chi connectivity index (χ1v) is 8.88. The Balaban J connectivity index is 1.91. The summed E-state index contributed by atoms with van der Waals surface area (Å²) < 4.78 is 4.73. The average Bonchev–Trinajstić information content (AvgIpc) is 3.09. The SMILES string of the molecule is COC(=O)c1ccc(Sc2cc(C)ccc2-c2cccs2)cc1. The molecule has 2 aromatic carbocycles. The molecule has 3 aromatic rings. The Morgan fingerprint density at radius 1 is 1.09 bits per heavy atom. The first-order valence-electron chi connectivity index (χ1n) is 7.18. The molecular formula is C19H16O2S2. The molecule has 1 heterocycles. The van der Waals surface area contributed by atoms with E-state index in [4.69, 9.17) is 4.74 Å². The van der Waals surface area contributed by atoms with E-state index < -0.39 is 0 Å². The predicted molar refractivity (Wildman–Crippen MR) is 96.4 cm³/mol. The Morgan fingerprint density at radius 3 is 2.52 bits per heavy atom. The second kappa shape index (κ2) is 7.02. The van der Waals surface area contributed by atoms with Crippen molar-refractivity contribution in [1.82, 2.24) is 0 Å². The summed E-state index contributed by atoms with van der Waals surface area (Å²) in [6.45, 7) is 2.10. The molecule has 4 heteroatoms. The zero-order valence-electron chi connectivity index (χ0n) is 12.9. The second-order valence-electron chi connectivity index (χ2n) is 5.09. The van der Waals surface area contributed by atoms with E-state index in [2.05, 4.69) is 42.6 Å². The van der Waals surface area contributed by atoms with Crippen molar-refractivity contribution in [3.05, 3.63) is 71.1 Å². The van der Waals surface area contributed by atoms with E-state index in [-0.39, 0.29) is 5.97 Å². The van der Waals surface area contributed by atoms with Crippen LogP contribution in [0, 0.1) is 6.92 Å². The number of hydrogen-bond donors (Lipinski definition) is 0. The van der Waals surface area contributed by atoms with Gasteiger partial charge in [0, 0.05) is 20.2 Å². The van der Waals surface area contributed by atoms with Crippen molar-refractivity contribution >= 4 is 29.1 Å². The van der Waals surface area contributed by atoms with Crippen LogP contribution in [0.2, 0.25) is 0 Å². The number of esters is 1. The molecule has 116 valence electrons. The van der Waals surface area contributed by atoms with Gasteiger partial charge >= 0.3 is 5.97 Å². The summed E-state index contributed by atoms with van der Waals surface area (Å²) >= 11 is 3.45. The Morgan fingerprint density at radius 2 is 1.87 bits per heavy atom. The van der Waals surface area contributed by atoms with E-state index in [1.54, 1.807) is 35.2 Å². The summed E-state index contributed by atoms with van der Waals surface area (Å²) in [5.74, 6) is -0.309. The van der Waals surface area contributed by atoms with Gasteiger partial charge in [-0.25, -0.2) is 4.79 Å². The minimum absolute atomic E-state index is 0.309. The predicted octanol–water partition coefficient (Wildman–Crippen LogP) is 5.66. The molecule has 3 rings (SSSR count). The first kappa shape index (κ1) is 15.8. The molecule has 0 aliphatic carbocycles. The third kappa shape index (κ3) is 3.66. The van der Waals surface area contributed by atoms with Crippen LogP contribution in [0.3, 0.4) is 0 Å². The Hall–Kier alpha value is -2.04. The molecule has 0 aliphatic heterocycles. The molecule has 0 amide bonds. The largest absolute Gasteiger partial charge is 0.465 e. The van der Waals surface area contributed by atoms with E-state index in [1.165, 1.54) is 28.0 Å². The van der Waals surface area contributed by atoms with Gasteiger partial charge in [0.05, 0.1) is 12.7 Å². The van der Waals surface area contributed by atoms with Crippen molar-refractivity contribution in [1.29, 1.82) is 0 Å². The molecule has 1 aromatic heterocycles. The van der Waals surface area contributed by atoms with Gasteiger partial charge in [-0.05, 0) is 54.3 Å². The molecular weight excluding hydrogens is 324 g/mol. The summed E-state index contributed by atoms with van der Waals surface area (Å²) in [7, 11) is 1.39. The Bertz CT molecular complexity index is 806. The fourth-order valence-electron chi connectivity index (χ4n) is 2.25. The van der Waals surface area contributed by atoms with Gasteiger partial charge in [0.2, 0.25) is 0 Å². The van der Waals surface area contributed by atoms with Crippen LogP contribution in [0.5, 0.6) is 0 Å². The van der Waals surface area contributed by atoms with Crippen molar-refractivity contribution in [2.75, 3.05) is 7.11 Å². The highest BCUT2D eigenvalue weighted by Crippen LogP contribution is 2.38. The lowest BCUT2D eigenvalue weighted by molar-refractivity contribution is 0.0600. The number of carbonyl (C=O) groups excluding carboxylic acids is 1. The molecule has 0 spiro atoms. The highest BCUT2D eigenvalue weighted by Gasteiger charge is 2.10. The Labute approximate surface area is 144 Å². The highest BCUT2D eigenvalue weighted by atomic mass is 32.2. The van der Waals surface area contributed by atoms with Gasteiger partial charge in [-0.2, -0.15) is 0 Å². The maximum absolute atomic E-state index is 11.5. The van der Waals surface area contributed by atoms with Crippen LogP contribution in [0.4, 0.5) is 0 Å². The van der Waals surface area contributed by atoms with E-state index in [1.807, 2.05) is 12.1 Å². The lowest BCUT2D eigenvalue weighted by Gasteiger charge is -2.09. The number of hydrogen-bond acceptors (Lipinski definition) is 4. The van der Waals surface area contributed by atoms with Gasteiger partial charge < -0.3 is 4.74 Å². The molecule has 0 bridgehead atoms. The molecule has 0 N–H and O–H groups in total. The number of thiophene rings is 1. The van der Waals surface area contributed by atoms with Crippen LogP contribution in [-0.4, -0.2) is 13.1 Å². The highest BCUT2D eigenvalue weighted by molar-refractivity contribution is 7.99. The summed E-state index contributed by atoms with van der Waals surface area (Å²) in [6.07, 6.45) is 0. The zero-order chi connectivity index (χ0) is 16.2. The zero-order valence-corrected chi connectivity index (χ0v) is 14.5. The number of benzene rings is 2. The molecule has 2 nitrogen and oxygen atoms in total. The monoisotopic (exact) mass is 340 g/mol. The molecule has 0 fully saturated rings. The topological polar surface area (TPSA) is 26.3 Å². The quantitative estimate of drug-likeness (QED) is 0.573. The fraction of sp³-hybridized carbons (Fsp3) is 0.105. The van der Waals surface area contributed by atoms with Gasteiger partial charge in [0.15, 0.2) is 0 Å². The molecule has 0 unspecified atom stereocenters. The number of methoxy groups -OCH3 is 1. The average molecular weight is 340 g/mol. The number of aryl methyl sites for hydroxylation is 1.